The molecule has 0 saturated heterocycles. The van der Waals surface area contributed by atoms with Crippen LogP contribution in [0.4, 0.5) is 0 Å². The standard InChI is InChI=1S/C14H12ClN3O5/c15-8-3-1-7(2-4-8)11-16-5-9(13(21)18-11)12(20)17-10(6-19)14(22)23/h1-5,10,19H,6H2,(H,17,20)(H,22,23)(H,16,18,21). The zero-order valence-electron chi connectivity index (χ0n) is 11.6. The van der Waals surface area contributed by atoms with E-state index in [2.05, 4.69) is 9.97 Å². The second-order valence-corrected chi connectivity index (χ2v) is 4.96. The number of carbonyl (C=O) groups excluding carboxylic acids is 1. The van der Waals surface area contributed by atoms with E-state index in [1.807, 2.05) is 5.32 Å². The van der Waals surface area contributed by atoms with E-state index in [1.54, 1.807) is 24.3 Å². The van der Waals surface area contributed by atoms with Crippen LogP contribution in [0.3, 0.4) is 0 Å². The number of hydrogen-bond donors (Lipinski definition) is 4. The van der Waals surface area contributed by atoms with Gasteiger partial charge in [0.15, 0.2) is 6.04 Å². The third-order valence-electron chi connectivity index (χ3n) is 2.95. The number of aliphatic hydroxyl groups excluding tert-OH is 1. The summed E-state index contributed by atoms with van der Waals surface area (Å²) in [6.07, 6.45) is 1.04. The number of rotatable bonds is 5. The van der Waals surface area contributed by atoms with Crippen molar-refractivity contribution < 1.29 is 19.8 Å². The average molecular weight is 338 g/mol. The molecule has 4 N–H and O–H groups in total. The van der Waals surface area contributed by atoms with Crippen molar-refractivity contribution in [2.45, 2.75) is 6.04 Å². The van der Waals surface area contributed by atoms with Crippen molar-refractivity contribution in [3.05, 3.63) is 51.4 Å². The maximum atomic E-state index is 12.0. The number of nitrogens with zero attached hydrogens (tertiary/aromatic N) is 1. The SMILES string of the molecule is O=C(NC(CO)C(=O)O)c1cnc(-c2ccc(Cl)cc2)[nH]c1=O. The first-order valence-corrected chi connectivity index (χ1v) is 6.80. The van der Waals surface area contributed by atoms with Crippen LogP contribution in [0.5, 0.6) is 0 Å². The number of benzene rings is 1. The zero-order valence-corrected chi connectivity index (χ0v) is 12.4. The topological polar surface area (TPSA) is 132 Å². The number of aromatic amines is 1. The normalized spacial score (nSPS) is 11.7. The minimum absolute atomic E-state index is 0.236. The molecule has 0 aliphatic heterocycles. The molecule has 23 heavy (non-hydrogen) atoms. The molecule has 0 spiro atoms. The third kappa shape index (κ3) is 3.93. The molecule has 1 aromatic carbocycles. The average Bonchev–Trinajstić information content (AvgIpc) is 2.52. The lowest BCUT2D eigenvalue weighted by Crippen LogP contribution is -2.44. The maximum Gasteiger partial charge on any atom is 0.328 e. The van der Waals surface area contributed by atoms with Crippen molar-refractivity contribution in [3.8, 4) is 11.4 Å². The van der Waals surface area contributed by atoms with E-state index in [-0.39, 0.29) is 11.4 Å². The molecule has 9 heteroatoms. The van der Waals surface area contributed by atoms with Gasteiger partial charge in [-0.15, -0.1) is 0 Å². The predicted octanol–water partition coefficient (Wildman–Crippen LogP) is 0.266. The fraction of sp³-hybridized carbons (Fsp3) is 0.143. The van der Waals surface area contributed by atoms with Gasteiger partial charge in [0, 0.05) is 16.8 Å². The molecule has 0 aliphatic carbocycles. The first-order chi connectivity index (χ1) is 10.9. The van der Waals surface area contributed by atoms with E-state index in [1.165, 1.54) is 0 Å². The quantitative estimate of drug-likeness (QED) is 0.619. The Morgan fingerprint density at radius 3 is 2.48 bits per heavy atom. The molecule has 0 saturated carbocycles. The fourth-order valence-electron chi connectivity index (χ4n) is 1.73. The second-order valence-electron chi connectivity index (χ2n) is 4.53. The van der Waals surface area contributed by atoms with Crippen molar-refractivity contribution in [1.82, 2.24) is 15.3 Å². The molecule has 0 bridgehead atoms. The van der Waals surface area contributed by atoms with Crippen molar-refractivity contribution >= 4 is 23.5 Å². The number of carboxylic acid groups (broad SMARTS) is 1. The van der Waals surface area contributed by atoms with E-state index in [4.69, 9.17) is 21.8 Å². The molecule has 1 unspecified atom stereocenters. The number of aliphatic hydroxyl groups is 1. The number of halogens is 1. The van der Waals surface area contributed by atoms with Gasteiger partial charge in [-0.1, -0.05) is 11.6 Å². The fourth-order valence-corrected chi connectivity index (χ4v) is 1.86. The van der Waals surface area contributed by atoms with Crippen molar-refractivity contribution in [2.75, 3.05) is 6.61 Å². The summed E-state index contributed by atoms with van der Waals surface area (Å²) in [6.45, 7) is -0.796. The largest absolute Gasteiger partial charge is 0.480 e. The van der Waals surface area contributed by atoms with Crippen LogP contribution in [0.25, 0.3) is 11.4 Å². The minimum atomic E-state index is -1.50. The Kier molecular flexibility index (Phi) is 5.09. The number of aromatic nitrogens is 2. The van der Waals surface area contributed by atoms with Crippen LogP contribution in [-0.4, -0.2) is 44.7 Å². The Bertz CT molecular complexity index is 788. The van der Waals surface area contributed by atoms with Crippen LogP contribution in [0.15, 0.2) is 35.3 Å². The summed E-state index contributed by atoms with van der Waals surface area (Å²) >= 11 is 5.77. The smallest absolute Gasteiger partial charge is 0.328 e. The Labute approximate surface area is 134 Å². The first kappa shape index (κ1) is 16.7. The van der Waals surface area contributed by atoms with Gasteiger partial charge < -0.3 is 20.5 Å². The van der Waals surface area contributed by atoms with Gasteiger partial charge in [-0.3, -0.25) is 9.59 Å². The number of H-pyrrole nitrogens is 1. The highest BCUT2D eigenvalue weighted by Crippen LogP contribution is 2.16. The number of aliphatic carboxylic acids is 1. The van der Waals surface area contributed by atoms with Gasteiger partial charge in [0.05, 0.1) is 6.61 Å². The monoisotopic (exact) mass is 337 g/mol. The van der Waals surface area contributed by atoms with Gasteiger partial charge in [0.25, 0.3) is 11.5 Å². The highest BCUT2D eigenvalue weighted by molar-refractivity contribution is 6.30. The van der Waals surface area contributed by atoms with Crippen molar-refractivity contribution in [3.63, 3.8) is 0 Å². The predicted molar refractivity (Wildman–Crippen MR) is 81.3 cm³/mol. The molecule has 0 radical (unpaired) electrons. The Morgan fingerprint density at radius 2 is 1.96 bits per heavy atom. The highest BCUT2D eigenvalue weighted by atomic mass is 35.5. The molecule has 1 aromatic heterocycles. The molecule has 0 fully saturated rings. The molecule has 8 nitrogen and oxygen atoms in total. The van der Waals surface area contributed by atoms with Crippen molar-refractivity contribution in [2.24, 2.45) is 0 Å². The van der Waals surface area contributed by atoms with Gasteiger partial charge in [0.1, 0.15) is 11.4 Å². The molecule has 1 heterocycles. The van der Waals surface area contributed by atoms with E-state index in [9.17, 15) is 14.4 Å². The van der Waals surface area contributed by atoms with Crippen LogP contribution in [0.1, 0.15) is 10.4 Å². The lowest BCUT2D eigenvalue weighted by Gasteiger charge is -2.11. The summed E-state index contributed by atoms with van der Waals surface area (Å²) in [5.41, 5.74) is -0.496. The van der Waals surface area contributed by atoms with Gasteiger partial charge >= 0.3 is 5.97 Å². The van der Waals surface area contributed by atoms with Crippen LogP contribution in [0, 0.1) is 0 Å². The summed E-state index contributed by atoms with van der Waals surface area (Å²) in [5, 5.41) is 20.2. The summed E-state index contributed by atoms with van der Waals surface area (Å²) < 4.78 is 0. The minimum Gasteiger partial charge on any atom is -0.480 e. The van der Waals surface area contributed by atoms with E-state index < -0.39 is 30.1 Å². The van der Waals surface area contributed by atoms with Crippen molar-refractivity contribution in [1.29, 1.82) is 0 Å². The zero-order chi connectivity index (χ0) is 17.0. The molecular formula is C14H12ClN3O5. The lowest BCUT2D eigenvalue weighted by atomic mass is 10.2. The molecule has 1 amide bonds. The number of nitrogens with one attached hydrogen (secondary N) is 2. The Hall–Kier alpha value is -2.71. The Balaban J connectivity index is 2.25. The third-order valence-corrected chi connectivity index (χ3v) is 3.20. The maximum absolute atomic E-state index is 12.0. The summed E-state index contributed by atoms with van der Waals surface area (Å²) in [4.78, 5) is 41.0. The first-order valence-electron chi connectivity index (χ1n) is 6.42. The van der Waals surface area contributed by atoms with Crippen LogP contribution < -0.4 is 10.9 Å². The molecule has 2 rings (SSSR count). The lowest BCUT2D eigenvalue weighted by molar-refractivity contribution is -0.140. The van der Waals surface area contributed by atoms with E-state index in [0.29, 0.717) is 10.6 Å². The van der Waals surface area contributed by atoms with Gasteiger partial charge in [-0.2, -0.15) is 0 Å². The Morgan fingerprint density at radius 1 is 1.30 bits per heavy atom. The number of carbonyl (C=O) groups is 2. The molecule has 0 aliphatic rings. The van der Waals surface area contributed by atoms with Gasteiger partial charge in [0.2, 0.25) is 0 Å². The number of hydrogen-bond acceptors (Lipinski definition) is 5. The van der Waals surface area contributed by atoms with Gasteiger partial charge in [-0.25, -0.2) is 9.78 Å². The van der Waals surface area contributed by atoms with Crippen LogP contribution >= 0.6 is 11.6 Å². The van der Waals surface area contributed by atoms with E-state index in [0.717, 1.165) is 6.20 Å². The second kappa shape index (κ2) is 7.03. The summed E-state index contributed by atoms with van der Waals surface area (Å²) in [5.74, 6) is -2.12. The number of amides is 1. The van der Waals surface area contributed by atoms with Gasteiger partial charge in [-0.05, 0) is 24.3 Å². The highest BCUT2D eigenvalue weighted by Gasteiger charge is 2.21. The van der Waals surface area contributed by atoms with E-state index >= 15 is 0 Å². The molecular weight excluding hydrogens is 326 g/mol. The summed E-state index contributed by atoms with van der Waals surface area (Å²) in [7, 11) is 0. The molecule has 120 valence electrons. The van der Waals surface area contributed by atoms with Crippen LogP contribution in [-0.2, 0) is 4.79 Å². The molecule has 2 aromatic rings. The van der Waals surface area contributed by atoms with Crippen LogP contribution in [0.2, 0.25) is 5.02 Å². The number of carboxylic acids is 1. The molecule has 1 atom stereocenters. The summed E-state index contributed by atoms with van der Waals surface area (Å²) in [6, 6.07) is 5.03.